The van der Waals surface area contributed by atoms with Crippen LogP contribution in [0.15, 0.2) is 29.2 Å². The lowest BCUT2D eigenvalue weighted by molar-refractivity contribution is -0.936. The number of benzene rings is 1. The molecule has 1 atom stereocenters. The molecule has 0 fully saturated rings. The molecule has 1 unspecified atom stereocenters. The largest absolute Gasteiger partial charge is 0.462 e. The van der Waals surface area contributed by atoms with E-state index in [2.05, 4.69) is 19.2 Å². The van der Waals surface area contributed by atoms with E-state index in [1.165, 1.54) is 44.8 Å². The molecule has 192 valence electrons. The summed E-state index contributed by atoms with van der Waals surface area (Å²) in [4.78, 5) is 28.5. The monoisotopic (exact) mass is 522 g/mol. The number of ether oxygens (including phenoxy) is 1. The van der Waals surface area contributed by atoms with Crippen LogP contribution < -0.4 is 10.2 Å². The van der Waals surface area contributed by atoms with Crippen molar-refractivity contribution in [3.05, 3.63) is 45.8 Å². The van der Waals surface area contributed by atoms with Crippen LogP contribution in [0.1, 0.15) is 71.7 Å². The van der Waals surface area contributed by atoms with Crippen molar-refractivity contribution < 1.29 is 27.6 Å². The molecule has 0 saturated carbocycles. The number of nitrogens with one attached hydrogen (secondary N) is 2. The Morgan fingerprint density at radius 2 is 1.89 bits per heavy atom. The Kier molecular flexibility index (Phi) is 9.09. The number of fused-ring (bicyclic) bond motifs is 1. The average molecular weight is 523 g/mol. The molecule has 0 bridgehead atoms. The van der Waals surface area contributed by atoms with E-state index >= 15 is 0 Å². The maximum absolute atomic E-state index is 13.0. The van der Waals surface area contributed by atoms with Crippen LogP contribution in [0.4, 0.5) is 5.00 Å². The summed E-state index contributed by atoms with van der Waals surface area (Å²) in [5, 5.41) is 3.37. The zero-order valence-corrected chi connectivity index (χ0v) is 22.8. The lowest BCUT2D eigenvalue weighted by Crippen LogP contribution is -3.14. The molecule has 1 aliphatic heterocycles. The van der Waals surface area contributed by atoms with Gasteiger partial charge in [0.15, 0.2) is 0 Å². The van der Waals surface area contributed by atoms with Gasteiger partial charge in [-0.15, -0.1) is 11.3 Å². The molecule has 2 aromatic rings. The van der Waals surface area contributed by atoms with Crippen molar-refractivity contribution in [2.24, 2.45) is 0 Å². The lowest BCUT2D eigenvalue weighted by atomic mass is 10.0. The highest BCUT2D eigenvalue weighted by molar-refractivity contribution is 7.89. The number of carbonyl (C=O) groups excluding carboxylic acids is 2. The number of sulfonamides is 1. The summed E-state index contributed by atoms with van der Waals surface area (Å²) in [5.74, 6) is -0.824. The first-order valence-electron chi connectivity index (χ1n) is 12.1. The summed E-state index contributed by atoms with van der Waals surface area (Å²) >= 11 is 1.42. The molecular weight excluding hydrogens is 486 g/mol. The fourth-order valence-corrected chi connectivity index (χ4v) is 6.63. The van der Waals surface area contributed by atoms with Gasteiger partial charge in [0.05, 0.1) is 34.5 Å². The minimum atomic E-state index is -3.61. The van der Waals surface area contributed by atoms with E-state index in [9.17, 15) is 18.0 Å². The van der Waals surface area contributed by atoms with Crippen molar-refractivity contribution in [1.29, 1.82) is 0 Å². The zero-order chi connectivity index (χ0) is 25.8. The number of amides is 1. The normalized spacial score (nSPS) is 15.8. The Labute approximate surface area is 212 Å². The number of anilines is 1. The topological polar surface area (TPSA) is 97.2 Å². The second kappa shape index (κ2) is 11.6. The van der Waals surface area contributed by atoms with Crippen LogP contribution >= 0.6 is 11.3 Å². The summed E-state index contributed by atoms with van der Waals surface area (Å²) < 4.78 is 32.1. The van der Waals surface area contributed by atoms with E-state index in [4.69, 9.17) is 4.74 Å². The Morgan fingerprint density at radius 3 is 2.49 bits per heavy atom. The molecule has 2 heterocycles. The molecule has 0 saturated heterocycles. The van der Waals surface area contributed by atoms with Crippen molar-refractivity contribution in [2.75, 3.05) is 32.1 Å². The predicted octanol–water partition coefficient (Wildman–Crippen LogP) is 2.95. The van der Waals surface area contributed by atoms with E-state index in [1.807, 2.05) is 6.92 Å². The van der Waals surface area contributed by atoms with E-state index < -0.39 is 21.9 Å². The number of thiophene rings is 1. The van der Waals surface area contributed by atoms with Crippen LogP contribution in [0.5, 0.6) is 0 Å². The Morgan fingerprint density at radius 1 is 1.20 bits per heavy atom. The molecular formula is C25H36N3O5S2+. The van der Waals surface area contributed by atoms with Crippen molar-refractivity contribution >= 4 is 38.2 Å². The third kappa shape index (κ3) is 6.11. The number of rotatable bonds is 10. The molecule has 0 spiro atoms. The maximum Gasteiger partial charge on any atom is 0.341 e. The second-order valence-electron chi connectivity index (χ2n) is 9.08. The zero-order valence-electron chi connectivity index (χ0n) is 21.1. The average Bonchev–Trinajstić information content (AvgIpc) is 3.19. The number of unbranched alkanes of at least 4 members (excludes halogenated alkanes) is 1. The number of hydrogen-bond acceptors (Lipinski definition) is 6. The number of hydrogen-bond donors (Lipinski definition) is 2. The second-order valence-corrected chi connectivity index (χ2v) is 12.2. The van der Waals surface area contributed by atoms with Crippen molar-refractivity contribution in [2.45, 2.75) is 64.4 Å². The molecule has 1 aliphatic rings. The van der Waals surface area contributed by atoms with E-state index in [0.717, 1.165) is 42.8 Å². The minimum Gasteiger partial charge on any atom is -0.462 e. The van der Waals surface area contributed by atoms with Crippen molar-refractivity contribution in [3.63, 3.8) is 0 Å². The molecule has 0 aliphatic carbocycles. The quantitative estimate of drug-likeness (QED) is 0.468. The van der Waals surface area contributed by atoms with Gasteiger partial charge in [0.25, 0.3) is 5.91 Å². The highest BCUT2D eigenvalue weighted by Crippen LogP contribution is 2.35. The third-order valence-corrected chi connectivity index (χ3v) is 9.37. The molecule has 8 nitrogen and oxygen atoms in total. The van der Waals surface area contributed by atoms with Gasteiger partial charge in [-0.1, -0.05) is 13.3 Å². The number of carbonyl (C=O) groups is 2. The molecule has 10 heteroatoms. The Balaban J connectivity index is 1.84. The fraction of sp³-hybridized carbons (Fsp3) is 0.520. The molecule has 1 aromatic heterocycles. The van der Waals surface area contributed by atoms with Crippen LogP contribution in [0.3, 0.4) is 0 Å². The van der Waals surface area contributed by atoms with Gasteiger partial charge in [-0.05, 0) is 57.0 Å². The molecule has 1 aromatic carbocycles. The summed E-state index contributed by atoms with van der Waals surface area (Å²) in [7, 11) is -2.05. The Bertz CT molecular complexity index is 1160. The van der Waals surface area contributed by atoms with Crippen molar-refractivity contribution in [3.8, 4) is 0 Å². The van der Waals surface area contributed by atoms with Gasteiger partial charge < -0.3 is 15.0 Å². The fourth-order valence-electron chi connectivity index (χ4n) is 4.13. The lowest BCUT2D eigenvalue weighted by Gasteiger charge is -2.27. The van der Waals surface area contributed by atoms with Gasteiger partial charge in [0, 0.05) is 25.6 Å². The van der Waals surface area contributed by atoms with Crippen LogP contribution in [-0.2, 0) is 27.7 Å². The number of esters is 1. The first kappa shape index (κ1) is 27.3. The maximum atomic E-state index is 13.0. The van der Waals surface area contributed by atoms with Crippen LogP contribution in [0.2, 0.25) is 0 Å². The minimum absolute atomic E-state index is 0.142. The highest BCUT2D eigenvalue weighted by atomic mass is 32.2. The van der Waals surface area contributed by atoms with E-state index in [1.54, 1.807) is 14.0 Å². The first-order chi connectivity index (χ1) is 16.6. The standard InChI is InChI=1S/C25H35N3O5S2/c1-6-8-14-27(5)35(31,32)19-11-9-18(10-12-19)23(29)26-24-22(25(30)33-7-2)20-13-15-28(17(3)4)16-21(20)34-24/h9-12,17H,6-8,13-16H2,1-5H3,(H,26,29)/p+1. The third-order valence-electron chi connectivity index (χ3n) is 6.35. The number of nitrogens with zero attached hydrogens (tertiary/aromatic N) is 1. The molecule has 1 amide bonds. The molecule has 0 radical (unpaired) electrons. The molecule has 35 heavy (non-hydrogen) atoms. The predicted molar refractivity (Wildman–Crippen MR) is 138 cm³/mol. The van der Waals surface area contributed by atoms with Gasteiger partial charge in [0.1, 0.15) is 11.5 Å². The summed E-state index contributed by atoms with van der Waals surface area (Å²) in [6.07, 6.45) is 2.43. The van der Waals surface area contributed by atoms with Crippen LogP contribution in [-0.4, -0.2) is 57.4 Å². The van der Waals surface area contributed by atoms with Crippen molar-refractivity contribution in [1.82, 2.24) is 4.31 Å². The SMILES string of the molecule is CCCCN(C)S(=O)(=O)c1ccc(C(=O)Nc2sc3c(c2C(=O)OCC)CC[NH+](C(C)C)C3)cc1. The van der Waals surface area contributed by atoms with E-state index in [0.29, 0.717) is 28.7 Å². The first-order valence-corrected chi connectivity index (χ1v) is 14.4. The van der Waals surface area contributed by atoms with Gasteiger partial charge in [-0.2, -0.15) is 0 Å². The van der Waals surface area contributed by atoms with Crippen LogP contribution in [0.25, 0.3) is 0 Å². The van der Waals surface area contributed by atoms with Gasteiger partial charge in [0.2, 0.25) is 10.0 Å². The molecule has 2 N–H and O–H groups in total. The van der Waals surface area contributed by atoms with Gasteiger partial charge in [-0.25, -0.2) is 17.5 Å². The summed E-state index contributed by atoms with van der Waals surface area (Å²) in [5.41, 5.74) is 1.72. The smallest absolute Gasteiger partial charge is 0.341 e. The highest BCUT2D eigenvalue weighted by Gasteiger charge is 2.32. The van der Waals surface area contributed by atoms with E-state index in [-0.39, 0.29) is 11.5 Å². The van der Waals surface area contributed by atoms with Crippen LogP contribution in [0, 0.1) is 0 Å². The van der Waals surface area contributed by atoms with Gasteiger partial charge >= 0.3 is 5.97 Å². The summed E-state index contributed by atoms with van der Waals surface area (Å²) in [6, 6.07) is 6.35. The Hall–Kier alpha value is -2.27. The summed E-state index contributed by atoms with van der Waals surface area (Å²) in [6.45, 7) is 10.5. The molecule has 3 rings (SSSR count). The van der Waals surface area contributed by atoms with Gasteiger partial charge in [-0.3, -0.25) is 4.79 Å². The number of quaternary nitrogens is 1.